The molecule has 1 saturated carbocycles. The normalized spacial score (nSPS) is 13.6. The predicted molar refractivity (Wildman–Crippen MR) is 79.5 cm³/mol. The lowest BCUT2D eigenvalue weighted by Gasteiger charge is -2.09. The number of amides is 2. The molecule has 7 heteroatoms. The topological polar surface area (TPSA) is 76.7 Å². The Bertz CT molecular complexity index is 488. The largest absolute Gasteiger partial charge is 0.484 e. The lowest BCUT2D eigenvalue weighted by Crippen LogP contribution is -2.45. The highest BCUT2D eigenvalue weighted by Crippen LogP contribution is 2.28. The summed E-state index contributed by atoms with van der Waals surface area (Å²) in [6.07, 6.45) is 2.34. The molecule has 1 aliphatic carbocycles. The molecule has 0 atom stereocenters. The Morgan fingerprint density at radius 3 is 2.33 bits per heavy atom. The molecule has 0 saturated heterocycles. The van der Waals surface area contributed by atoms with E-state index in [1.54, 1.807) is 12.1 Å². The van der Waals surface area contributed by atoms with Crippen molar-refractivity contribution >= 4 is 27.7 Å². The lowest BCUT2D eigenvalue weighted by molar-refractivity contribution is -0.132. The first-order valence-electron chi connectivity index (χ1n) is 6.67. The van der Waals surface area contributed by atoms with Crippen LogP contribution >= 0.6 is 15.9 Å². The van der Waals surface area contributed by atoms with Crippen LogP contribution in [0.25, 0.3) is 0 Å². The Morgan fingerprint density at radius 2 is 1.71 bits per heavy atom. The number of hydrazine groups is 1. The van der Waals surface area contributed by atoms with E-state index in [2.05, 4.69) is 26.8 Å². The van der Waals surface area contributed by atoms with Gasteiger partial charge in [-0.3, -0.25) is 20.4 Å². The van der Waals surface area contributed by atoms with Gasteiger partial charge in [0.25, 0.3) is 11.8 Å². The summed E-state index contributed by atoms with van der Waals surface area (Å²) >= 11 is 3.31. The van der Waals surface area contributed by atoms with Crippen molar-refractivity contribution < 1.29 is 19.1 Å². The number of carbonyl (C=O) groups excluding carboxylic acids is 2. The molecular formula is C14H17BrN2O4. The highest BCUT2D eigenvalue weighted by molar-refractivity contribution is 9.10. The van der Waals surface area contributed by atoms with Crippen molar-refractivity contribution in [3.8, 4) is 5.75 Å². The maximum atomic E-state index is 11.5. The highest BCUT2D eigenvalue weighted by atomic mass is 79.9. The molecule has 0 heterocycles. The van der Waals surface area contributed by atoms with Gasteiger partial charge in [0.05, 0.1) is 6.61 Å². The van der Waals surface area contributed by atoms with Crippen molar-refractivity contribution in [1.29, 1.82) is 0 Å². The lowest BCUT2D eigenvalue weighted by atomic mass is 10.3. The van der Waals surface area contributed by atoms with Gasteiger partial charge in [0.1, 0.15) is 12.4 Å². The van der Waals surface area contributed by atoms with Crippen molar-refractivity contribution in [2.24, 2.45) is 5.92 Å². The van der Waals surface area contributed by atoms with Crippen LogP contribution in [0.15, 0.2) is 28.7 Å². The van der Waals surface area contributed by atoms with E-state index in [-0.39, 0.29) is 19.1 Å². The van der Waals surface area contributed by atoms with Gasteiger partial charge >= 0.3 is 0 Å². The fraction of sp³-hybridized carbons (Fsp3) is 0.429. The van der Waals surface area contributed by atoms with Gasteiger partial charge in [0, 0.05) is 4.47 Å². The minimum absolute atomic E-state index is 0.0512. The van der Waals surface area contributed by atoms with Crippen LogP contribution in [0.2, 0.25) is 0 Å². The van der Waals surface area contributed by atoms with Crippen LogP contribution in [-0.2, 0) is 14.3 Å². The molecule has 1 fully saturated rings. The van der Waals surface area contributed by atoms with E-state index in [4.69, 9.17) is 9.47 Å². The van der Waals surface area contributed by atoms with E-state index in [0.717, 1.165) is 4.47 Å². The second kappa shape index (κ2) is 7.99. The average Bonchev–Trinajstić information content (AvgIpc) is 3.29. The summed E-state index contributed by atoms with van der Waals surface area (Å²) < 4.78 is 11.4. The van der Waals surface area contributed by atoms with Crippen molar-refractivity contribution in [2.75, 3.05) is 19.8 Å². The molecule has 0 spiro atoms. The second-order valence-corrected chi connectivity index (χ2v) is 5.71. The van der Waals surface area contributed by atoms with E-state index in [1.165, 1.54) is 12.8 Å². The molecule has 6 nitrogen and oxygen atoms in total. The van der Waals surface area contributed by atoms with Gasteiger partial charge in [0.15, 0.2) is 6.61 Å². The number of hydrogen-bond acceptors (Lipinski definition) is 4. The zero-order valence-corrected chi connectivity index (χ0v) is 13.0. The second-order valence-electron chi connectivity index (χ2n) is 4.80. The summed E-state index contributed by atoms with van der Waals surface area (Å²) in [7, 11) is 0. The van der Waals surface area contributed by atoms with Gasteiger partial charge in [-0.2, -0.15) is 0 Å². The molecule has 2 amide bonds. The Hall–Kier alpha value is -1.60. The Kier molecular flexibility index (Phi) is 6.01. The molecule has 0 unspecified atom stereocenters. The number of nitrogens with one attached hydrogen (secondary N) is 2. The van der Waals surface area contributed by atoms with Crippen LogP contribution in [0.3, 0.4) is 0 Å². The molecule has 0 radical (unpaired) electrons. The molecule has 0 bridgehead atoms. The van der Waals surface area contributed by atoms with Crippen LogP contribution in [0.5, 0.6) is 5.75 Å². The Balaban J connectivity index is 1.55. The third kappa shape index (κ3) is 6.59. The number of ether oxygens (including phenoxy) is 2. The predicted octanol–water partition coefficient (Wildman–Crippen LogP) is 1.40. The maximum Gasteiger partial charge on any atom is 0.276 e. The Morgan fingerprint density at radius 1 is 1.10 bits per heavy atom. The fourth-order valence-electron chi connectivity index (χ4n) is 1.49. The van der Waals surface area contributed by atoms with Crippen molar-refractivity contribution in [2.45, 2.75) is 12.8 Å². The van der Waals surface area contributed by atoms with Crippen LogP contribution in [0.1, 0.15) is 12.8 Å². The zero-order valence-electron chi connectivity index (χ0n) is 11.4. The van der Waals surface area contributed by atoms with Crippen LogP contribution < -0.4 is 15.6 Å². The third-order valence-electron chi connectivity index (χ3n) is 2.81. The first-order chi connectivity index (χ1) is 10.1. The summed E-state index contributed by atoms with van der Waals surface area (Å²) in [6.45, 7) is 0.378. The van der Waals surface area contributed by atoms with Crippen LogP contribution in [0, 0.1) is 5.92 Å². The minimum atomic E-state index is -0.437. The molecule has 0 aromatic heterocycles. The van der Waals surface area contributed by atoms with Crippen molar-refractivity contribution in [3.63, 3.8) is 0 Å². The molecule has 0 aliphatic heterocycles. The Labute approximate surface area is 131 Å². The molecule has 1 aromatic rings. The summed E-state index contributed by atoms with van der Waals surface area (Å²) in [5.41, 5.74) is 4.54. The van der Waals surface area contributed by atoms with Crippen molar-refractivity contribution in [3.05, 3.63) is 28.7 Å². The molecule has 114 valence electrons. The highest BCUT2D eigenvalue weighted by Gasteiger charge is 2.21. The van der Waals surface area contributed by atoms with Gasteiger partial charge in [-0.1, -0.05) is 15.9 Å². The average molecular weight is 357 g/mol. The van der Waals surface area contributed by atoms with Crippen LogP contribution in [0.4, 0.5) is 0 Å². The number of halogens is 1. The van der Waals surface area contributed by atoms with E-state index >= 15 is 0 Å². The quantitative estimate of drug-likeness (QED) is 0.724. The van der Waals surface area contributed by atoms with Gasteiger partial charge in [0.2, 0.25) is 0 Å². The zero-order chi connectivity index (χ0) is 15.1. The van der Waals surface area contributed by atoms with Crippen molar-refractivity contribution in [1.82, 2.24) is 10.9 Å². The summed E-state index contributed by atoms with van der Waals surface area (Å²) in [5, 5.41) is 0. The molecule has 2 N–H and O–H groups in total. The van der Waals surface area contributed by atoms with Gasteiger partial charge in [-0.25, -0.2) is 0 Å². The summed E-state index contributed by atoms with van der Waals surface area (Å²) in [4.78, 5) is 22.8. The summed E-state index contributed by atoms with van der Waals surface area (Å²) in [5.74, 6) is 0.361. The monoisotopic (exact) mass is 356 g/mol. The maximum absolute atomic E-state index is 11.5. The first-order valence-corrected chi connectivity index (χ1v) is 7.46. The van der Waals surface area contributed by atoms with Gasteiger partial charge < -0.3 is 9.47 Å². The van der Waals surface area contributed by atoms with E-state index in [0.29, 0.717) is 18.3 Å². The smallest absolute Gasteiger partial charge is 0.276 e. The van der Waals surface area contributed by atoms with E-state index in [9.17, 15) is 9.59 Å². The molecule has 21 heavy (non-hydrogen) atoms. The molecule has 2 rings (SSSR count). The minimum Gasteiger partial charge on any atom is -0.484 e. The standard InChI is InChI=1S/C14H17BrN2O4/c15-11-3-5-12(6-4-11)21-9-14(19)17-16-13(18)8-20-7-10-1-2-10/h3-6,10H,1-2,7-9H2,(H,16,18)(H,17,19). The van der Waals surface area contributed by atoms with E-state index < -0.39 is 5.91 Å². The SMILES string of the molecule is O=C(COCC1CC1)NNC(=O)COc1ccc(Br)cc1. The number of benzene rings is 1. The molecule has 1 aliphatic rings. The number of hydrogen-bond donors (Lipinski definition) is 2. The number of carbonyl (C=O) groups is 2. The molecular weight excluding hydrogens is 340 g/mol. The third-order valence-corrected chi connectivity index (χ3v) is 3.34. The fourth-order valence-corrected chi connectivity index (χ4v) is 1.76. The number of rotatable bonds is 7. The van der Waals surface area contributed by atoms with E-state index in [1.807, 2.05) is 12.1 Å². The van der Waals surface area contributed by atoms with Gasteiger partial charge in [-0.05, 0) is 43.0 Å². The van der Waals surface area contributed by atoms with Crippen LogP contribution in [-0.4, -0.2) is 31.6 Å². The first kappa shape index (κ1) is 15.8. The van der Waals surface area contributed by atoms with Gasteiger partial charge in [-0.15, -0.1) is 0 Å². The summed E-state index contributed by atoms with van der Waals surface area (Å²) in [6, 6.07) is 7.10. The molecule has 1 aromatic carbocycles.